The van der Waals surface area contributed by atoms with E-state index in [-0.39, 0.29) is 35.8 Å². The van der Waals surface area contributed by atoms with Crippen LogP contribution in [0.1, 0.15) is 43.5 Å². The summed E-state index contributed by atoms with van der Waals surface area (Å²) in [5.41, 5.74) is 0.0921. The Morgan fingerprint density at radius 2 is 1.58 bits per heavy atom. The number of amides is 2. The SMILES string of the molecule is CC1CCCC(C)N1C(=O)COc1ccc(C(=O)OCC(=O)Nc2cc(F)cc(F)c2)cc1. The number of benzene rings is 2. The van der Waals surface area contributed by atoms with E-state index in [9.17, 15) is 23.2 Å². The number of carbonyl (C=O) groups excluding carboxylic acids is 3. The monoisotopic (exact) mass is 460 g/mol. The van der Waals surface area contributed by atoms with E-state index in [0.717, 1.165) is 31.4 Å². The number of piperidine rings is 1. The molecule has 0 saturated carbocycles. The zero-order chi connectivity index (χ0) is 24.0. The second-order valence-electron chi connectivity index (χ2n) is 8.03. The van der Waals surface area contributed by atoms with E-state index >= 15 is 0 Å². The summed E-state index contributed by atoms with van der Waals surface area (Å²) in [4.78, 5) is 38.4. The molecule has 0 aliphatic carbocycles. The van der Waals surface area contributed by atoms with Crippen molar-refractivity contribution in [2.45, 2.75) is 45.2 Å². The summed E-state index contributed by atoms with van der Waals surface area (Å²) < 4.78 is 36.8. The largest absolute Gasteiger partial charge is 0.484 e. The number of rotatable bonds is 7. The van der Waals surface area contributed by atoms with Gasteiger partial charge in [0.2, 0.25) is 0 Å². The molecule has 0 bridgehead atoms. The molecule has 0 aromatic heterocycles. The fourth-order valence-corrected chi connectivity index (χ4v) is 3.86. The lowest BCUT2D eigenvalue weighted by molar-refractivity contribution is -0.139. The maximum Gasteiger partial charge on any atom is 0.338 e. The molecule has 33 heavy (non-hydrogen) atoms. The highest BCUT2D eigenvalue weighted by Gasteiger charge is 2.29. The molecule has 1 fully saturated rings. The van der Waals surface area contributed by atoms with Crippen LogP contribution >= 0.6 is 0 Å². The third-order valence-electron chi connectivity index (χ3n) is 5.41. The summed E-state index contributed by atoms with van der Waals surface area (Å²) in [5, 5.41) is 2.25. The van der Waals surface area contributed by atoms with Gasteiger partial charge in [0.15, 0.2) is 13.2 Å². The Bertz CT molecular complexity index is 982. The summed E-state index contributed by atoms with van der Waals surface area (Å²) in [6, 6.07) is 8.89. The van der Waals surface area contributed by atoms with Crippen LogP contribution in [0.15, 0.2) is 42.5 Å². The third-order valence-corrected chi connectivity index (χ3v) is 5.41. The van der Waals surface area contributed by atoms with Crippen molar-refractivity contribution in [2.75, 3.05) is 18.5 Å². The summed E-state index contributed by atoms with van der Waals surface area (Å²) >= 11 is 0. The standard InChI is InChI=1S/C24H26F2N2O5/c1-15-4-3-5-16(2)28(15)23(30)14-32-21-8-6-17(7-9-21)24(31)33-13-22(29)27-20-11-18(25)10-19(26)12-20/h6-12,15-16H,3-5,13-14H2,1-2H3,(H,27,29). The van der Waals surface area contributed by atoms with E-state index in [2.05, 4.69) is 5.32 Å². The van der Waals surface area contributed by atoms with Crippen LogP contribution in [0, 0.1) is 11.6 Å². The van der Waals surface area contributed by atoms with Crippen molar-refractivity contribution in [1.82, 2.24) is 4.90 Å². The fourth-order valence-electron chi connectivity index (χ4n) is 3.86. The number of nitrogens with zero attached hydrogens (tertiary/aromatic N) is 1. The van der Waals surface area contributed by atoms with Crippen LogP contribution in [0.25, 0.3) is 0 Å². The van der Waals surface area contributed by atoms with E-state index in [4.69, 9.17) is 9.47 Å². The molecule has 1 N–H and O–H groups in total. The number of esters is 1. The molecule has 1 aliphatic heterocycles. The van der Waals surface area contributed by atoms with E-state index in [1.807, 2.05) is 18.7 Å². The van der Waals surface area contributed by atoms with Crippen molar-refractivity contribution in [3.05, 3.63) is 59.7 Å². The average Bonchev–Trinajstić information content (AvgIpc) is 2.75. The third kappa shape index (κ3) is 6.74. The van der Waals surface area contributed by atoms with Crippen LogP contribution in [0.5, 0.6) is 5.75 Å². The van der Waals surface area contributed by atoms with Gasteiger partial charge in [-0.25, -0.2) is 13.6 Å². The van der Waals surface area contributed by atoms with Gasteiger partial charge in [-0.2, -0.15) is 0 Å². The summed E-state index contributed by atoms with van der Waals surface area (Å²) in [5.74, 6) is -2.84. The molecule has 2 aromatic carbocycles. The quantitative estimate of drug-likeness (QED) is 0.633. The van der Waals surface area contributed by atoms with Gasteiger partial charge in [0.05, 0.1) is 5.56 Å². The molecular formula is C24H26F2N2O5. The van der Waals surface area contributed by atoms with Crippen LogP contribution < -0.4 is 10.1 Å². The summed E-state index contributed by atoms with van der Waals surface area (Å²) in [7, 11) is 0. The van der Waals surface area contributed by atoms with Gasteiger partial charge in [0.1, 0.15) is 17.4 Å². The smallest absolute Gasteiger partial charge is 0.338 e. The highest BCUT2D eigenvalue weighted by Crippen LogP contribution is 2.23. The molecule has 3 rings (SSSR count). The Labute approximate surface area is 190 Å². The summed E-state index contributed by atoms with van der Waals surface area (Å²) in [6.07, 6.45) is 3.06. The Morgan fingerprint density at radius 1 is 0.970 bits per heavy atom. The van der Waals surface area contributed by atoms with Crippen LogP contribution in [0.4, 0.5) is 14.5 Å². The molecule has 2 unspecified atom stereocenters. The van der Waals surface area contributed by atoms with Gasteiger partial charge >= 0.3 is 5.97 Å². The number of nitrogens with one attached hydrogen (secondary N) is 1. The molecule has 0 spiro atoms. The minimum atomic E-state index is -0.841. The zero-order valence-corrected chi connectivity index (χ0v) is 18.5. The number of carbonyl (C=O) groups is 3. The van der Waals surface area contributed by atoms with Crippen LogP contribution in [0.3, 0.4) is 0 Å². The van der Waals surface area contributed by atoms with Crippen molar-refractivity contribution in [3.63, 3.8) is 0 Å². The van der Waals surface area contributed by atoms with Gasteiger partial charge < -0.3 is 19.7 Å². The number of ether oxygens (including phenoxy) is 2. The van der Waals surface area contributed by atoms with Gasteiger partial charge in [0, 0.05) is 23.8 Å². The minimum Gasteiger partial charge on any atom is -0.484 e. The van der Waals surface area contributed by atoms with Crippen LogP contribution in [-0.2, 0) is 14.3 Å². The van der Waals surface area contributed by atoms with Crippen LogP contribution in [-0.4, -0.2) is 48.0 Å². The first-order valence-corrected chi connectivity index (χ1v) is 10.7. The van der Waals surface area contributed by atoms with E-state index in [0.29, 0.717) is 11.8 Å². The predicted molar refractivity (Wildman–Crippen MR) is 117 cm³/mol. The molecule has 1 aliphatic rings. The number of halogens is 2. The molecule has 2 atom stereocenters. The van der Waals surface area contributed by atoms with Gasteiger partial charge in [0.25, 0.3) is 11.8 Å². The molecular weight excluding hydrogens is 434 g/mol. The van der Waals surface area contributed by atoms with Gasteiger partial charge in [-0.05, 0) is 69.5 Å². The Balaban J connectivity index is 1.46. The maximum atomic E-state index is 13.2. The van der Waals surface area contributed by atoms with Crippen molar-refractivity contribution >= 4 is 23.5 Å². The normalized spacial score (nSPS) is 17.9. The van der Waals surface area contributed by atoms with E-state index in [1.165, 1.54) is 24.3 Å². The average molecular weight is 460 g/mol. The Kier molecular flexibility index (Phi) is 7.97. The minimum absolute atomic E-state index is 0.0811. The number of anilines is 1. The Morgan fingerprint density at radius 3 is 2.18 bits per heavy atom. The molecule has 1 saturated heterocycles. The molecule has 2 aromatic rings. The first-order chi connectivity index (χ1) is 15.7. The van der Waals surface area contributed by atoms with E-state index in [1.54, 1.807) is 0 Å². The predicted octanol–water partition coefficient (Wildman–Crippen LogP) is 3.93. The van der Waals surface area contributed by atoms with Gasteiger partial charge in [-0.15, -0.1) is 0 Å². The molecule has 176 valence electrons. The van der Waals surface area contributed by atoms with Gasteiger partial charge in [-0.1, -0.05) is 0 Å². The number of likely N-dealkylation sites (tertiary alicyclic amines) is 1. The first kappa shape index (κ1) is 24.2. The zero-order valence-electron chi connectivity index (χ0n) is 18.5. The molecule has 0 radical (unpaired) electrons. The molecule has 1 heterocycles. The van der Waals surface area contributed by atoms with Crippen molar-refractivity contribution in [1.29, 1.82) is 0 Å². The topological polar surface area (TPSA) is 84.9 Å². The Hall–Kier alpha value is -3.49. The maximum absolute atomic E-state index is 13.2. The second kappa shape index (κ2) is 10.9. The highest BCUT2D eigenvalue weighted by molar-refractivity contribution is 5.95. The fraction of sp³-hybridized carbons (Fsp3) is 0.375. The van der Waals surface area contributed by atoms with Crippen LogP contribution in [0.2, 0.25) is 0 Å². The number of hydrogen-bond acceptors (Lipinski definition) is 5. The van der Waals surface area contributed by atoms with Crippen molar-refractivity contribution < 1.29 is 32.6 Å². The van der Waals surface area contributed by atoms with Crippen molar-refractivity contribution in [2.24, 2.45) is 0 Å². The first-order valence-electron chi connectivity index (χ1n) is 10.7. The summed E-state index contributed by atoms with van der Waals surface area (Å²) in [6.45, 7) is 3.34. The lowest BCUT2D eigenvalue weighted by atomic mass is 9.97. The van der Waals surface area contributed by atoms with Gasteiger partial charge in [-0.3, -0.25) is 9.59 Å². The highest BCUT2D eigenvalue weighted by atomic mass is 19.1. The molecule has 9 heteroatoms. The molecule has 2 amide bonds. The van der Waals surface area contributed by atoms with Crippen molar-refractivity contribution in [3.8, 4) is 5.75 Å². The lowest BCUT2D eigenvalue weighted by Gasteiger charge is -2.38. The van der Waals surface area contributed by atoms with E-state index < -0.39 is 30.1 Å². The number of hydrogen-bond donors (Lipinski definition) is 1. The lowest BCUT2D eigenvalue weighted by Crippen LogP contribution is -2.49. The second-order valence-corrected chi connectivity index (χ2v) is 8.03. The molecule has 7 nitrogen and oxygen atoms in total.